The Balaban J connectivity index is 1.84. The maximum absolute atomic E-state index is 12.4. The van der Waals surface area contributed by atoms with Crippen LogP contribution in [0.5, 0.6) is 0 Å². The molecule has 0 spiro atoms. The highest BCUT2D eigenvalue weighted by Gasteiger charge is 2.18. The number of aromatic amines is 1. The molecule has 0 saturated carbocycles. The Hall–Kier alpha value is -3.60. The molecule has 1 aromatic carbocycles. The number of hydrogen-bond donors (Lipinski definition) is 1. The van der Waals surface area contributed by atoms with E-state index in [2.05, 4.69) is 21.0 Å². The molecule has 4 aromatic heterocycles. The molecule has 6 nitrogen and oxygen atoms in total. The van der Waals surface area contributed by atoms with Crippen LogP contribution in [0.25, 0.3) is 43.1 Å². The largest absolute Gasteiger partial charge is 0.345 e. The summed E-state index contributed by atoms with van der Waals surface area (Å²) in [5, 5.41) is 10.5. The first-order valence-corrected chi connectivity index (χ1v) is 10.2. The predicted molar refractivity (Wildman–Crippen MR) is 119 cm³/mol. The molecule has 1 N–H and O–H groups in total. The minimum absolute atomic E-state index is 0.212. The molecule has 0 amide bonds. The SMILES string of the molecule is Cc1cc(-c2nc3c(=O)cc[nH]c3nc2-c2cc3ccc(C#N)cc3s2)cc(Cl)n1. The Morgan fingerprint density at radius 1 is 1.07 bits per heavy atom. The third-order valence-corrected chi connectivity index (χ3v) is 5.96. The molecule has 0 bridgehead atoms. The van der Waals surface area contributed by atoms with E-state index in [1.54, 1.807) is 18.3 Å². The second kappa shape index (κ2) is 7.02. The van der Waals surface area contributed by atoms with Crippen molar-refractivity contribution in [2.75, 3.05) is 0 Å². The van der Waals surface area contributed by atoms with Crippen LogP contribution in [-0.4, -0.2) is 19.9 Å². The zero-order chi connectivity index (χ0) is 20.8. The van der Waals surface area contributed by atoms with E-state index >= 15 is 0 Å². The molecular formula is C22H12ClN5OS. The van der Waals surface area contributed by atoms with Gasteiger partial charge in [-0.2, -0.15) is 5.26 Å². The summed E-state index contributed by atoms with van der Waals surface area (Å²) in [5.74, 6) is 0. The highest BCUT2D eigenvalue weighted by Crippen LogP contribution is 2.38. The molecule has 0 atom stereocenters. The van der Waals surface area contributed by atoms with Crippen LogP contribution in [0, 0.1) is 18.3 Å². The van der Waals surface area contributed by atoms with E-state index in [4.69, 9.17) is 16.6 Å². The van der Waals surface area contributed by atoms with Crippen molar-refractivity contribution in [3.63, 3.8) is 0 Å². The number of hydrogen-bond acceptors (Lipinski definition) is 6. The monoisotopic (exact) mass is 429 g/mol. The van der Waals surface area contributed by atoms with Crippen LogP contribution in [0.4, 0.5) is 0 Å². The highest BCUT2D eigenvalue weighted by atomic mass is 35.5. The van der Waals surface area contributed by atoms with Crippen molar-refractivity contribution in [3.8, 4) is 27.9 Å². The van der Waals surface area contributed by atoms with Gasteiger partial charge in [-0.1, -0.05) is 17.7 Å². The molecule has 4 heterocycles. The Labute approximate surface area is 179 Å². The first-order valence-electron chi connectivity index (χ1n) is 9.00. The van der Waals surface area contributed by atoms with Gasteiger partial charge in [0, 0.05) is 28.2 Å². The quantitative estimate of drug-likeness (QED) is 0.394. The molecule has 0 aliphatic rings. The normalized spacial score (nSPS) is 11.1. The molecule has 0 radical (unpaired) electrons. The second-order valence-corrected chi connectivity index (χ2v) is 8.23. The lowest BCUT2D eigenvalue weighted by molar-refractivity contribution is 1.18. The van der Waals surface area contributed by atoms with Gasteiger partial charge in [0.05, 0.1) is 22.2 Å². The third kappa shape index (κ3) is 3.12. The number of rotatable bonds is 2. The fourth-order valence-electron chi connectivity index (χ4n) is 3.34. The van der Waals surface area contributed by atoms with Crippen molar-refractivity contribution < 1.29 is 0 Å². The van der Waals surface area contributed by atoms with E-state index in [-0.39, 0.29) is 10.9 Å². The Morgan fingerprint density at radius 2 is 1.93 bits per heavy atom. The number of aryl methyl sites for hydroxylation is 1. The van der Waals surface area contributed by atoms with Crippen LogP contribution in [-0.2, 0) is 0 Å². The number of fused-ring (bicyclic) bond motifs is 2. The van der Waals surface area contributed by atoms with Gasteiger partial charge in [-0.25, -0.2) is 15.0 Å². The summed E-state index contributed by atoms with van der Waals surface area (Å²) in [6.07, 6.45) is 1.56. The van der Waals surface area contributed by atoms with E-state index in [0.29, 0.717) is 27.8 Å². The summed E-state index contributed by atoms with van der Waals surface area (Å²) in [5.41, 5.74) is 3.71. The molecule has 0 aliphatic carbocycles. The Morgan fingerprint density at radius 3 is 2.73 bits per heavy atom. The third-order valence-electron chi connectivity index (χ3n) is 4.66. The number of nitriles is 1. The van der Waals surface area contributed by atoms with Gasteiger partial charge < -0.3 is 4.98 Å². The maximum Gasteiger partial charge on any atom is 0.209 e. The Bertz CT molecular complexity index is 1540. The van der Waals surface area contributed by atoms with E-state index in [9.17, 15) is 10.1 Å². The van der Waals surface area contributed by atoms with Gasteiger partial charge in [0.2, 0.25) is 5.43 Å². The lowest BCUT2D eigenvalue weighted by Crippen LogP contribution is -2.06. The first-order chi connectivity index (χ1) is 14.5. The van der Waals surface area contributed by atoms with Gasteiger partial charge in [-0.05, 0) is 42.6 Å². The van der Waals surface area contributed by atoms with Gasteiger partial charge in [0.1, 0.15) is 10.8 Å². The van der Waals surface area contributed by atoms with E-state index in [1.165, 1.54) is 17.4 Å². The average molecular weight is 430 g/mol. The number of H-pyrrole nitrogens is 1. The number of pyridine rings is 2. The first kappa shape index (κ1) is 18.4. The van der Waals surface area contributed by atoms with E-state index in [1.807, 2.05) is 31.2 Å². The van der Waals surface area contributed by atoms with Crippen LogP contribution in [0.15, 0.2) is 53.5 Å². The lowest BCUT2D eigenvalue weighted by Gasteiger charge is -2.09. The van der Waals surface area contributed by atoms with Crippen molar-refractivity contribution >= 4 is 44.2 Å². The number of nitrogens with one attached hydrogen (secondary N) is 1. The summed E-state index contributed by atoms with van der Waals surface area (Å²) in [4.78, 5) is 29.9. The molecule has 0 saturated heterocycles. The predicted octanol–water partition coefficient (Wildman–Crippen LogP) is 5.10. The van der Waals surface area contributed by atoms with Crippen molar-refractivity contribution in [2.24, 2.45) is 0 Å². The molecule has 0 aliphatic heterocycles. The zero-order valence-corrected chi connectivity index (χ0v) is 17.2. The summed E-state index contributed by atoms with van der Waals surface area (Å²) < 4.78 is 0.974. The number of aromatic nitrogens is 4. The van der Waals surface area contributed by atoms with Crippen LogP contribution < -0.4 is 5.43 Å². The van der Waals surface area contributed by atoms with Crippen molar-refractivity contribution in [3.05, 3.63) is 75.3 Å². The average Bonchev–Trinajstić information content (AvgIpc) is 3.15. The molecule has 0 unspecified atom stereocenters. The summed E-state index contributed by atoms with van der Waals surface area (Å²) >= 11 is 7.71. The minimum atomic E-state index is -0.212. The summed E-state index contributed by atoms with van der Waals surface area (Å²) in [6.45, 7) is 1.85. The van der Waals surface area contributed by atoms with Crippen LogP contribution in [0.2, 0.25) is 5.15 Å². The number of halogens is 1. The maximum atomic E-state index is 12.4. The minimum Gasteiger partial charge on any atom is -0.345 e. The lowest BCUT2D eigenvalue weighted by atomic mass is 10.1. The number of nitrogens with zero attached hydrogens (tertiary/aromatic N) is 4. The molecule has 30 heavy (non-hydrogen) atoms. The highest BCUT2D eigenvalue weighted by molar-refractivity contribution is 7.22. The van der Waals surface area contributed by atoms with Crippen LogP contribution in [0.1, 0.15) is 11.3 Å². The summed E-state index contributed by atoms with van der Waals surface area (Å²) in [7, 11) is 0. The topological polar surface area (TPSA) is 95.3 Å². The fourth-order valence-corrected chi connectivity index (χ4v) is 4.68. The van der Waals surface area contributed by atoms with Gasteiger partial charge in [-0.15, -0.1) is 11.3 Å². The van der Waals surface area contributed by atoms with Crippen LogP contribution >= 0.6 is 22.9 Å². The fraction of sp³-hybridized carbons (Fsp3) is 0.0455. The van der Waals surface area contributed by atoms with Gasteiger partial charge in [0.15, 0.2) is 11.2 Å². The van der Waals surface area contributed by atoms with Crippen LogP contribution in [0.3, 0.4) is 0 Å². The van der Waals surface area contributed by atoms with Crippen molar-refractivity contribution in [1.82, 2.24) is 19.9 Å². The standard InChI is InChI=1S/C22H12ClN5OS/c1-11-6-14(9-18(23)26-11)19-21(28-22-20(27-19)15(29)4-5-25-22)17-8-13-3-2-12(10-24)7-16(13)30-17/h2-9H,1H3,(H,25,28,29). The van der Waals surface area contributed by atoms with Gasteiger partial charge in [-0.3, -0.25) is 4.79 Å². The van der Waals surface area contributed by atoms with E-state index in [0.717, 1.165) is 26.2 Å². The molecular weight excluding hydrogens is 418 g/mol. The smallest absolute Gasteiger partial charge is 0.209 e. The summed E-state index contributed by atoms with van der Waals surface area (Å²) in [6, 6.07) is 14.7. The van der Waals surface area contributed by atoms with Crippen molar-refractivity contribution in [1.29, 1.82) is 5.26 Å². The second-order valence-electron chi connectivity index (χ2n) is 6.75. The number of thiophene rings is 1. The zero-order valence-electron chi connectivity index (χ0n) is 15.6. The number of benzene rings is 1. The molecule has 0 fully saturated rings. The van der Waals surface area contributed by atoms with Gasteiger partial charge >= 0.3 is 0 Å². The molecule has 8 heteroatoms. The van der Waals surface area contributed by atoms with Crippen molar-refractivity contribution in [2.45, 2.75) is 6.92 Å². The van der Waals surface area contributed by atoms with Gasteiger partial charge in [0.25, 0.3) is 0 Å². The molecule has 144 valence electrons. The Kier molecular flexibility index (Phi) is 4.31. The molecule has 5 rings (SSSR count). The molecule has 5 aromatic rings. The van der Waals surface area contributed by atoms with E-state index < -0.39 is 0 Å².